The molecule has 0 saturated carbocycles. The molecule has 0 saturated heterocycles. The Bertz CT molecular complexity index is 1740. The molecule has 9 nitrogen and oxygen atoms in total. The highest BCUT2D eigenvalue weighted by molar-refractivity contribution is 7.47. The van der Waals surface area contributed by atoms with Crippen molar-refractivity contribution < 1.29 is 37.6 Å². The zero-order valence-corrected chi connectivity index (χ0v) is 52.9. The maximum Gasteiger partial charge on any atom is 0.472 e. The lowest BCUT2D eigenvalue weighted by atomic mass is 10.0. The van der Waals surface area contributed by atoms with Crippen molar-refractivity contribution in [2.45, 2.75) is 290 Å². The molecule has 0 aliphatic carbocycles. The number of phosphoric acid groups is 1. The molecule has 2 unspecified atom stereocenters. The number of phosphoric ester groups is 1. The summed E-state index contributed by atoms with van der Waals surface area (Å²) in [4.78, 5) is 35.3. The van der Waals surface area contributed by atoms with Gasteiger partial charge in [0.2, 0.25) is 0 Å². The highest BCUT2D eigenvalue weighted by atomic mass is 31.2. The molecule has 0 aromatic rings. The first-order valence-electron chi connectivity index (χ1n) is 33.0. The second-order valence-electron chi connectivity index (χ2n) is 21.6. The Morgan fingerprint density at radius 2 is 0.642 bits per heavy atom. The van der Waals surface area contributed by atoms with Gasteiger partial charge in [-0.3, -0.25) is 18.6 Å². The Morgan fingerprint density at radius 1 is 0.370 bits per heavy atom. The molecule has 0 aromatic heterocycles. The van der Waals surface area contributed by atoms with Gasteiger partial charge in [0.05, 0.1) is 13.2 Å². The van der Waals surface area contributed by atoms with Gasteiger partial charge in [-0.1, -0.05) is 289 Å². The van der Waals surface area contributed by atoms with E-state index in [0.717, 1.165) is 109 Å². The number of allylic oxidation sites excluding steroid dienone is 20. The maximum atomic E-state index is 12.8. The molecule has 0 fully saturated rings. The molecular weight excluding hydrogens is 1030 g/mol. The number of rotatable bonds is 61. The Labute approximate surface area is 498 Å². The van der Waals surface area contributed by atoms with E-state index >= 15 is 0 Å². The predicted molar refractivity (Wildman–Crippen MR) is 348 cm³/mol. The summed E-state index contributed by atoms with van der Waals surface area (Å²) in [6.07, 6.45) is 91.3. The zero-order valence-electron chi connectivity index (χ0n) is 52.0. The third-order valence-corrected chi connectivity index (χ3v) is 14.8. The van der Waals surface area contributed by atoms with Crippen LogP contribution >= 0.6 is 7.82 Å². The van der Waals surface area contributed by atoms with Crippen molar-refractivity contribution in [3.05, 3.63) is 122 Å². The molecule has 0 heterocycles. The maximum absolute atomic E-state index is 12.8. The van der Waals surface area contributed by atoms with Crippen LogP contribution in [0.3, 0.4) is 0 Å². The number of hydrogen-bond acceptors (Lipinski definition) is 8. The van der Waals surface area contributed by atoms with Crippen LogP contribution in [-0.4, -0.2) is 49.3 Å². The van der Waals surface area contributed by atoms with Crippen molar-refractivity contribution in [2.75, 3.05) is 26.4 Å². The quantitative estimate of drug-likeness (QED) is 0.0264. The standard InChI is InChI=1S/C71H122NO8P/c1-3-5-7-9-11-13-15-17-19-21-23-25-27-29-31-33-34-36-37-39-41-43-45-47-49-51-53-55-57-59-61-63-70(73)77-67-69(68-79-81(75,76)78-66-65-72)80-71(74)64-62-60-58-56-54-52-50-48-46-44-42-40-38-35-32-30-28-26-24-22-20-18-16-14-12-10-8-6-4-2/h5-8,11-14,17-20,23-26,30,32,38,40,69H,3-4,9-10,15-16,21-22,27-29,31,33-37,39,41-68,72H2,1-2H3,(H,75,76)/b7-5-,8-6-,13-11-,14-12-,19-17-,20-18-,25-23-,26-24-,32-30-,40-38-. The highest BCUT2D eigenvalue weighted by Crippen LogP contribution is 2.43. The average molecular weight is 1150 g/mol. The van der Waals surface area contributed by atoms with Gasteiger partial charge >= 0.3 is 19.8 Å². The number of unbranched alkanes of at least 4 members (excludes halogenated alkanes) is 28. The van der Waals surface area contributed by atoms with Crippen LogP contribution in [0, 0.1) is 0 Å². The van der Waals surface area contributed by atoms with Gasteiger partial charge in [0.15, 0.2) is 6.10 Å². The number of esters is 2. The van der Waals surface area contributed by atoms with Crippen LogP contribution in [0.25, 0.3) is 0 Å². The van der Waals surface area contributed by atoms with Crippen molar-refractivity contribution in [2.24, 2.45) is 5.73 Å². The van der Waals surface area contributed by atoms with E-state index < -0.39 is 26.5 Å². The SMILES string of the molecule is CC/C=C\C/C=C\C/C=C\C/C=C\C/C=C\C/C=C\CCCCCCCCCCCCC(=O)OC(COC(=O)CCCCCCCCCCCCCCCCCCCC/C=C\C/C=C\C/C=C\C/C=C\CC)COP(=O)(O)OCCN. The lowest BCUT2D eigenvalue weighted by Gasteiger charge is -2.19. The number of carbonyl (C=O) groups is 2. The van der Waals surface area contributed by atoms with Crippen LogP contribution in [-0.2, 0) is 32.7 Å². The van der Waals surface area contributed by atoms with E-state index in [0.29, 0.717) is 6.42 Å². The van der Waals surface area contributed by atoms with E-state index in [1.54, 1.807) is 0 Å². The molecule has 0 rings (SSSR count). The van der Waals surface area contributed by atoms with Crippen LogP contribution in [0.4, 0.5) is 0 Å². The summed E-state index contributed by atoms with van der Waals surface area (Å²) in [7, 11) is -4.40. The van der Waals surface area contributed by atoms with Gasteiger partial charge in [-0.25, -0.2) is 4.57 Å². The van der Waals surface area contributed by atoms with Gasteiger partial charge in [-0.2, -0.15) is 0 Å². The van der Waals surface area contributed by atoms with E-state index in [1.807, 2.05) is 0 Å². The molecule has 0 amide bonds. The Morgan fingerprint density at radius 3 is 0.951 bits per heavy atom. The van der Waals surface area contributed by atoms with Crippen molar-refractivity contribution in [1.82, 2.24) is 0 Å². The molecule has 81 heavy (non-hydrogen) atoms. The Hall–Kier alpha value is -3.59. The monoisotopic (exact) mass is 1150 g/mol. The van der Waals surface area contributed by atoms with Crippen molar-refractivity contribution in [3.63, 3.8) is 0 Å². The lowest BCUT2D eigenvalue weighted by molar-refractivity contribution is -0.161. The summed E-state index contributed by atoms with van der Waals surface area (Å²) in [5, 5.41) is 0. The summed E-state index contributed by atoms with van der Waals surface area (Å²) < 4.78 is 33.2. The van der Waals surface area contributed by atoms with Crippen molar-refractivity contribution in [3.8, 4) is 0 Å². The minimum atomic E-state index is -4.40. The van der Waals surface area contributed by atoms with Crippen LogP contribution in [0.15, 0.2) is 122 Å². The molecule has 10 heteroatoms. The van der Waals surface area contributed by atoms with E-state index in [-0.39, 0.29) is 38.6 Å². The molecular formula is C71H122NO8P. The first-order chi connectivity index (χ1) is 39.8. The fourth-order valence-corrected chi connectivity index (χ4v) is 9.81. The summed E-state index contributed by atoms with van der Waals surface area (Å²) in [5.41, 5.74) is 5.40. The number of ether oxygens (including phenoxy) is 2. The summed E-state index contributed by atoms with van der Waals surface area (Å²) >= 11 is 0. The van der Waals surface area contributed by atoms with E-state index in [4.69, 9.17) is 24.3 Å². The number of hydrogen-bond donors (Lipinski definition) is 2. The van der Waals surface area contributed by atoms with Gasteiger partial charge in [-0.15, -0.1) is 0 Å². The minimum absolute atomic E-state index is 0.0484. The summed E-state index contributed by atoms with van der Waals surface area (Å²) in [6, 6.07) is 0. The summed E-state index contributed by atoms with van der Waals surface area (Å²) in [5.74, 6) is -0.830. The second-order valence-corrected chi connectivity index (χ2v) is 23.0. The van der Waals surface area contributed by atoms with E-state index in [2.05, 4.69) is 135 Å². The minimum Gasteiger partial charge on any atom is -0.462 e. The van der Waals surface area contributed by atoms with Gasteiger partial charge < -0.3 is 20.1 Å². The molecule has 0 radical (unpaired) electrons. The fraction of sp³-hybridized carbons (Fsp3) is 0.690. The Kier molecular flexibility index (Phi) is 62.7. The third-order valence-electron chi connectivity index (χ3n) is 13.8. The first kappa shape index (κ1) is 77.4. The third kappa shape index (κ3) is 65.4. The van der Waals surface area contributed by atoms with Crippen LogP contribution in [0.2, 0.25) is 0 Å². The van der Waals surface area contributed by atoms with E-state index in [1.165, 1.54) is 141 Å². The molecule has 3 N–H and O–H groups in total. The lowest BCUT2D eigenvalue weighted by Crippen LogP contribution is -2.29. The molecule has 0 spiro atoms. The number of nitrogens with two attached hydrogens (primary N) is 1. The van der Waals surface area contributed by atoms with Crippen LogP contribution in [0.1, 0.15) is 284 Å². The number of carbonyl (C=O) groups excluding carboxylic acids is 2. The first-order valence-corrected chi connectivity index (χ1v) is 34.5. The topological polar surface area (TPSA) is 134 Å². The van der Waals surface area contributed by atoms with Crippen LogP contribution in [0.5, 0.6) is 0 Å². The van der Waals surface area contributed by atoms with Crippen molar-refractivity contribution >= 4 is 19.8 Å². The highest BCUT2D eigenvalue weighted by Gasteiger charge is 2.26. The predicted octanol–water partition coefficient (Wildman–Crippen LogP) is 21.5. The normalized spacial score (nSPS) is 13.8. The van der Waals surface area contributed by atoms with Gasteiger partial charge in [0, 0.05) is 19.4 Å². The summed E-state index contributed by atoms with van der Waals surface area (Å²) in [6.45, 7) is 3.53. The molecule has 0 aromatic carbocycles. The molecule has 464 valence electrons. The Balaban J connectivity index is 3.92. The molecule has 0 aliphatic heterocycles. The van der Waals surface area contributed by atoms with Gasteiger partial charge in [0.25, 0.3) is 0 Å². The van der Waals surface area contributed by atoms with E-state index in [9.17, 15) is 19.0 Å². The zero-order chi connectivity index (χ0) is 58.7. The van der Waals surface area contributed by atoms with Crippen LogP contribution < -0.4 is 5.73 Å². The second kappa shape index (κ2) is 65.6. The van der Waals surface area contributed by atoms with Crippen molar-refractivity contribution in [1.29, 1.82) is 0 Å². The smallest absolute Gasteiger partial charge is 0.462 e. The average Bonchev–Trinajstić information content (AvgIpc) is 3.46. The van der Waals surface area contributed by atoms with Gasteiger partial charge in [0.1, 0.15) is 6.61 Å². The molecule has 0 aliphatic rings. The van der Waals surface area contributed by atoms with Gasteiger partial charge in [-0.05, 0) is 103 Å². The fourth-order valence-electron chi connectivity index (χ4n) is 9.04. The largest absolute Gasteiger partial charge is 0.472 e. The molecule has 2 atom stereocenters. The molecule has 0 bridgehead atoms.